The Balaban J connectivity index is 1.67. The molecule has 4 rings (SSSR count). The summed E-state index contributed by atoms with van der Waals surface area (Å²) in [6.07, 6.45) is 0.677. The number of nitrogens with one attached hydrogen (secondary N) is 1. The molecule has 3 aromatic carbocycles. The molecule has 0 saturated heterocycles. The summed E-state index contributed by atoms with van der Waals surface area (Å²) in [5.74, 6) is -0.115. The molecule has 0 aliphatic carbocycles. The van der Waals surface area contributed by atoms with E-state index < -0.39 is 0 Å². The summed E-state index contributed by atoms with van der Waals surface area (Å²) < 4.78 is 0. The summed E-state index contributed by atoms with van der Waals surface area (Å²) in [5.41, 5.74) is 3.13. The van der Waals surface area contributed by atoms with Crippen LogP contribution in [-0.4, -0.2) is 21.1 Å². The summed E-state index contributed by atoms with van der Waals surface area (Å²) in [4.78, 5) is 18.2. The number of aromatic hydroxyl groups is 2. The molecule has 5 nitrogen and oxygen atoms in total. The summed E-state index contributed by atoms with van der Waals surface area (Å²) in [5, 5.41) is 22.5. The van der Waals surface area contributed by atoms with Crippen molar-refractivity contribution in [3.8, 4) is 22.8 Å². The van der Waals surface area contributed by atoms with Gasteiger partial charge in [-0.1, -0.05) is 36.4 Å². The molecule has 0 atom stereocenters. The van der Waals surface area contributed by atoms with Gasteiger partial charge in [-0.3, -0.25) is 10.1 Å². The van der Waals surface area contributed by atoms with E-state index in [4.69, 9.17) is 0 Å². The third-order valence-corrected chi connectivity index (χ3v) is 5.35. The van der Waals surface area contributed by atoms with Crippen LogP contribution in [0.4, 0.5) is 5.13 Å². The van der Waals surface area contributed by atoms with Gasteiger partial charge in [0.15, 0.2) is 5.13 Å². The predicted octanol–water partition coefficient (Wildman–Crippen LogP) is 5.06. The molecule has 0 aliphatic heterocycles. The Kier molecular flexibility index (Phi) is 5.27. The first-order valence-electron chi connectivity index (χ1n) is 9.02. The number of carbonyl (C=O) groups is 1. The summed E-state index contributed by atoms with van der Waals surface area (Å²) in [6.45, 7) is 0. The van der Waals surface area contributed by atoms with Crippen LogP contribution in [-0.2, 0) is 6.42 Å². The molecule has 6 heteroatoms. The lowest BCUT2D eigenvalue weighted by atomic mass is 10.1. The predicted molar refractivity (Wildman–Crippen MR) is 115 cm³/mol. The third kappa shape index (κ3) is 4.44. The highest BCUT2D eigenvalue weighted by Crippen LogP contribution is 2.34. The Bertz CT molecular complexity index is 1140. The molecule has 0 unspecified atom stereocenters. The SMILES string of the molecule is O=C(Nc1nc(-c2ccc(O)cc2)c(Cc2ccccc2)s1)c1cccc(O)c1. The highest BCUT2D eigenvalue weighted by Gasteiger charge is 2.16. The van der Waals surface area contributed by atoms with Crippen molar-refractivity contribution in [2.75, 3.05) is 5.32 Å². The zero-order valence-corrected chi connectivity index (χ0v) is 16.2. The van der Waals surface area contributed by atoms with Gasteiger partial charge < -0.3 is 10.2 Å². The maximum Gasteiger partial charge on any atom is 0.257 e. The molecule has 0 aliphatic rings. The van der Waals surface area contributed by atoms with Gasteiger partial charge in [0.05, 0.1) is 5.69 Å². The quantitative estimate of drug-likeness (QED) is 0.436. The minimum Gasteiger partial charge on any atom is -0.508 e. The zero-order valence-electron chi connectivity index (χ0n) is 15.4. The van der Waals surface area contributed by atoms with E-state index in [1.54, 1.807) is 36.4 Å². The number of benzene rings is 3. The van der Waals surface area contributed by atoms with E-state index in [-0.39, 0.29) is 17.4 Å². The molecule has 29 heavy (non-hydrogen) atoms. The number of nitrogens with zero attached hydrogens (tertiary/aromatic N) is 1. The molecule has 0 saturated carbocycles. The van der Waals surface area contributed by atoms with Crippen LogP contribution < -0.4 is 5.32 Å². The van der Waals surface area contributed by atoms with Crippen molar-refractivity contribution in [3.05, 3.63) is 94.9 Å². The van der Waals surface area contributed by atoms with Crippen LogP contribution >= 0.6 is 11.3 Å². The number of rotatable bonds is 5. The van der Waals surface area contributed by atoms with Gasteiger partial charge in [0.25, 0.3) is 5.91 Å². The molecule has 144 valence electrons. The Labute approximate surface area is 171 Å². The number of phenolic OH excluding ortho intramolecular Hbond substituents is 2. The number of amides is 1. The lowest BCUT2D eigenvalue weighted by Crippen LogP contribution is -2.11. The van der Waals surface area contributed by atoms with Gasteiger partial charge in [-0.15, -0.1) is 11.3 Å². The number of hydrogen-bond acceptors (Lipinski definition) is 5. The Morgan fingerprint density at radius 3 is 2.38 bits per heavy atom. The Hall–Kier alpha value is -3.64. The van der Waals surface area contributed by atoms with Gasteiger partial charge >= 0.3 is 0 Å². The third-order valence-electron chi connectivity index (χ3n) is 4.37. The smallest absolute Gasteiger partial charge is 0.257 e. The van der Waals surface area contributed by atoms with Crippen molar-refractivity contribution >= 4 is 22.4 Å². The normalized spacial score (nSPS) is 10.6. The topological polar surface area (TPSA) is 82.5 Å². The summed E-state index contributed by atoms with van der Waals surface area (Å²) in [6, 6.07) is 23.1. The maximum absolute atomic E-state index is 12.5. The van der Waals surface area contributed by atoms with Crippen LogP contribution in [0.25, 0.3) is 11.3 Å². The average Bonchev–Trinajstić information content (AvgIpc) is 3.11. The lowest BCUT2D eigenvalue weighted by molar-refractivity contribution is 0.102. The lowest BCUT2D eigenvalue weighted by Gasteiger charge is -2.03. The summed E-state index contributed by atoms with van der Waals surface area (Å²) in [7, 11) is 0. The van der Waals surface area contributed by atoms with E-state index in [2.05, 4.69) is 10.3 Å². The second-order valence-electron chi connectivity index (χ2n) is 6.50. The Morgan fingerprint density at radius 1 is 0.897 bits per heavy atom. The Morgan fingerprint density at radius 2 is 1.66 bits per heavy atom. The van der Waals surface area contributed by atoms with Crippen molar-refractivity contribution in [2.24, 2.45) is 0 Å². The monoisotopic (exact) mass is 402 g/mol. The molecule has 0 bridgehead atoms. The van der Waals surface area contributed by atoms with Crippen LogP contribution in [0.3, 0.4) is 0 Å². The van der Waals surface area contributed by atoms with E-state index in [0.717, 1.165) is 21.7 Å². The fraction of sp³-hybridized carbons (Fsp3) is 0.0435. The first-order chi connectivity index (χ1) is 14.1. The first kappa shape index (κ1) is 18.7. The molecular formula is C23H18N2O3S. The average molecular weight is 402 g/mol. The van der Waals surface area contributed by atoms with Gasteiger partial charge in [0.1, 0.15) is 11.5 Å². The van der Waals surface area contributed by atoms with Crippen LogP contribution in [0.5, 0.6) is 11.5 Å². The molecular weight excluding hydrogens is 384 g/mol. The number of hydrogen-bond donors (Lipinski definition) is 3. The van der Waals surface area contributed by atoms with Gasteiger partial charge in [-0.25, -0.2) is 4.98 Å². The molecule has 1 heterocycles. The first-order valence-corrected chi connectivity index (χ1v) is 9.83. The number of phenols is 2. The van der Waals surface area contributed by atoms with Gasteiger partial charge in [-0.05, 0) is 48.0 Å². The van der Waals surface area contributed by atoms with Crippen LogP contribution in [0.2, 0.25) is 0 Å². The van der Waals surface area contributed by atoms with Crippen molar-refractivity contribution in [2.45, 2.75) is 6.42 Å². The van der Waals surface area contributed by atoms with Crippen molar-refractivity contribution in [1.29, 1.82) is 0 Å². The van der Waals surface area contributed by atoms with E-state index in [9.17, 15) is 15.0 Å². The van der Waals surface area contributed by atoms with Crippen molar-refractivity contribution < 1.29 is 15.0 Å². The number of anilines is 1. The van der Waals surface area contributed by atoms with Crippen LogP contribution in [0.1, 0.15) is 20.8 Å². The molecule has 1 amide bonds. The molecule has 4 aromatic rings. The van der Waals surface area contributed by atoms with Gasteiger partial charge in [-0.2, -0.15) is 0 Å². The van der Waals surface area contributed by atoms with E-state index >= 15 is 0 Å². The zero-order chi connectivity index (χ0) is 20.2. The number of thiazole rings is 1. The van der Waals surface area contributed by atoms with E-state index in [1.165, 1.54) is 23.5 Å². The van der Waals surface area contributed by atoms with Crippen molar-refractivity contribution in [1.82, 2.24) is 4.98 Å². The summed E-state index contributed by atoms with van der Waals surface area (Å²) >= 11 is 1.41. The highest BCUT2D eigenvalue weighted by atomic mass is 32.1. The van der Waals surface area contributed by atoms with Gasteiger partial charge in [0, 0.05) is 22.4 Å². The second kappa shape index (κ2) is 8.16. The minimum absolute atomic E-state index is 0.0336. The minimum atomic E-state index is -0.335. The molecule has 0 spiro atoms. The van der Waals surface area contributed by atoms with Crippen LogP contribution in [0, 0.1) is 0 Å². The number of aromatic nitrogens is 1. The highest BCUT2D eigenvalue weighted by molar-refractivity contribution is 7.16. The fourth-order valence-electron chi connectivity index (χ4n) is 2.97. The number of carbonyl (C=O) groups excluding carboxylic acids is 1. The second-order valence-corrected chi connectivity index (χ2v) is 7.59. The molecule has 1 aromatic heterocycles. The fourth-order valence-corrected chi connectivity index (χ4v) is 3.98. The molecule has 3 N–H and O–H groups in total. The maximum atomic E-state index is 12.5. The molecule has 0 fully saturated rings. The standard InChI is InChI=1S/C23H18N2O3S/c26-18-11-9-16(10-12-18)21-20(13-15-5-2-1-3-6-15)29-23(24-21)25-22(28)17-7-4-8-19(27)14-17/h1-12,14,26-27H,13H2,(H,24,25,28). The van der Waals surface area contributed by atoms with Crippen molar-refractivity contribution in [3.63, 3.8) is 0 Å². The molecule has 0 radical (unpaired) electrons. The van der Waals surface area contributed by atoms with E-state index in [0.29, 0.717) is 17.1 Å². The largest absolute Gasteiger partial charge is 0.508 e. The van der Waals surface area contributed by atoms with Crippen LogP contribution in [0.15, 0.2) is 78.9 Å². The van der Waals surface area contributed by atoms with Gasteiger partial charge in [0.2, 0.25) is 0 Å². The van der Waals surface area contributed by atoms with E-state index in [1.807, 2.05) is 30.3 Å².